The number of thioether (sulfide) groups is 1. The molecule has 0 radical (unpaired) electrons. The smallest absolute Gasteiger partial charge is 0.284 e. The van der Waals surface area contributed by atoms with Gasteiger partial charge in [-0.2, -0.15) is 4.99 Å². The largest absolute Gasteiger partial charge is 0.456 e. The summed E-state index contributed by atoms with van der Waals surface area (Å²) in [6.07, 6.45) is 1.41. The normalized spacial score (nSPS) is 18.6. The van der Waals surface area contributed by atoms with Crippen molar-refractivity contribution < 1.29 is 23.6 Å². The highest BCUT2D eigenvalue weighted by Crippen LogP contribution is 2.43. The first-order valence-corrected chi connectivity index (χ1v) is 9.56. The van der Waals surface area contributed by atoms with Crippen LogP contribution in [0.3, 0.4) is 0 Å². The zero-order valence-corrected chi connectivity index (χ0v) is 16.2. The maximum absolute atomic E-state index is 12.4. The zero-order chi connectivity index (χ0) is 21.0. The molecule has 5 rings (SSSR count). The Bertz CT molecular complexity index is 1240. The molecule has 0 aliphatic carbocycles. The molecule has 0 atom stereocenters. The Balaban J connectivity index is 1.53. The molecule has 0 bridgehead atoms. The molecule has 1 N–H and O–H groups in total. The van der Waals surface area contributed by atoms with Gasteiger partial charge in [0, 0.05) is 11.8 Å². The molecule has 0 unspecified atom stereocenters. The number of carbonyl (C=O) groups is 1. The molecule has 11 heteroatoms. The summed E-state index contributed by atoms with van der Waals surface area (Å²) < 4.78 is 16.2. The number of nitrogens with zero attached hydrogens (tertiary/aromatic N) is 3. The predicted molar refractivity (Wildman–Crippen MR) is 108 cm³/mol. The van der Waals surface area contributed by atoms with Gasteiger partial charge in [0.2, 0.25) is 6.79 Å². The Morgan fingerprint density at radius 2 is 2.07 bits per heavy atom. The fraction of sp³-hybridized carbons (Fsp3) is 0.105. The third kappa shape index (κ3) is 2.78. The third-order valence-electron chi connectivity index (χ3n) is 4.65. The van der Waals surface area contributed by atoms with E-state index in [1.165, 1.54) is 30.0 Å². The molecule has 10 nitrogen and oxygen atoms in total. The van der Waals surface area contributed by atoms with Gasteiger partial charge in [-0.1, -0.05) is 11.8 Å². The van der Waals surface area contributed by atoms with E-state index in [2.05, 4.69) is 4.99 Å². The first-order chi connectivity index (χ1) is 14.4. The number of hydrogen-bond donors (Lipinski definition) is 1. The second-order valence-electron chi connectivity index (χ2n) is 6.50. The lowest BCUT2D eigenvalue weighted by Gasteiger charge is -2.24. The zero-order valence-electron chi connectivity index (χ0n) is 15.4. The van der Waals surface area contributed by atoms with Gasteiger partial charge in [0.25, 0.3) is 11.6 Å². The topological polar surface area (TPSA) is 131 Å². The number of amidine groups is 2. The minimum atomic E-state index is -0.547. The molecule has 0 fully saturated rings. The summed E-state index contributed by atoms with van der Waals surface area (Å²) in [6.45, 7) is 1.81. The number of benzene rings is 1. The molecular weight excluding hydrogens is 412 g/mol. The number of ether oxygens (including phenoxy) is 2. The molecule has 0 saturated heterocycles. The van der Waals surface area contributed by atoms with Crippen molar-refractivity contribution in [1.82, 2.24) is 4.90 Å². The maximum atomic E-state index is 12.4. The fourth-order valence-electron chi connectivity index (χ4n) is 3.24. The van der Waals surface area contributed by atoms with Gasteiger partial charge in [-0.05, 0) is 30.5 Å². The molecule has 2 aromatic rings. The van der Waals surface area contributed by atoms with Crippen LogP contribution in [0.4, 0.5) is 5.69 Å². The van der Waals surface area contributed by atoms with Crippen molar-refractivity contribution in [3.63, 3.8) is 0 Å². The quantitative estimate of drug-likeness (QED) is 0.448. The van der Waals surface area contributed by atoms with Gasteiger partial charge in [0.1, 0.15) is 17.4 Å². The lowest BCUT2D eigenvalue weighted by atomic mass is 10.1. The summed E-state index contributed by atoms with van der Waals surface area (Å²) in [7, 11) is 0. The minimum Gasteiger partial charge on any atom is -0.456 e. The first-order valence-electron chi connectivity index (χ1n) is 8.68. The monoisotopic (exact) mass is 424 g/mol. The number of allylic oxidation sites excluding steroid dienone is 1. The van der Waals surface area contributed by atoms with Gasteiger partial charge in [0.15, 0.2) is 16.7 Å². The van der Waals surface area contributed by atoms with Gasteiger partial charge in [-0.3, -0.25) is 25.2 Å². The van der Waals surface area contributed by atoms with E-state index < -0.39 is 10.8 Å². The standard InChI is InChI=1S/C19H12N4O6S/c1-9-7-30-19-21-18(24)12(17(20)22(9)19)4-10-2-3-14(29-10)11-5-15-16(28-8-27-15)6-13(11)23(25)26/h2-7,20H,8H2,1H3/b12-4-,20-17?. The van der Waals surface area contributed by atoms with Crippen LogP contribution in [0.15, 0.2) is 50.4 Å². The lowest BCUT2D eigenvalue weighted by molar-refractivity contribution is -0.384. The summed E-state index contributed by atoms with van der Waals surface area (Å²) in [5, 5.41) is 22.1. The van der Waals surface area contributed by atoms with Crippen LogP contribution in [-0.4, -0.2) is 33.5 Å². The number of aliphatic imine (C=N–C) groups is 1. The predicted octanol–water partition coefficient (Wildman–Crippen LogP) is 3.75. The van der Waals surface area contributed by atoms with Crippen LogP contribution < -0.4 is 9.47 Å². The van der Waals surface area contributed by atoms with Gasteiger partial charge >= 0.3 is 0 Å². The summed E-state index contributed by atoms with van der Waals surface area (Å²) in [4.78, 5) is 28.9. The maximum Gasteiger partial charge on any atom is 0.284 e. The van der Waals surface area contributed by atoms with Crippen LogP contribution in [0, 0.1) is 15.5 Å². The summed E-state index contributed by atoms with van der Waals surface area (Å²) in [5.41, 5.74) is 0.876. The lowest BCUT2D eigenvalue weighted by Crippen LogP contribution is -2.37. The molecule has 3 aliphatic rings. The Hall–Kier alpha value is -3.86. The van der Waals surface area contributed by atoms with Crippen LogP contribution in [0.25, 0.3) is 17.4 Å². The number of rotatable bonds is 3. The SMILES string of the molecule is CC1=CSC2=NC(=O)/C(=C\c3ccc(-c4cc5c(cc4[N+](=O)[O-])OCO5)o3)C(=N)N12. The summed E-state index contributed by atoms with van der Waals surface area (Å²) in [6, 6.07) is 5.89. The third-order valence-corrected chi connectivity index (χ3v) is 5.60. The molecule has 1 aromatic heterocycles. The fourth-order valence-corrected chi connectivity index (χ4v) is 4.10. The van der Waals surface area contributed by atoms with E-state index in [1.54, 1.807) is 17.0 Å². The number of carbonyl (C=O) groups excluding carboxylic acids is 1. The number of nitrogens with one attached hydrogen (secondary N) is 1. The van der Waals surface area contributed by atoms with Gasteiger partial charge < -0.3 is 13.9 Å². The van der Waals surface area contributed by atoms with E-state index in [4.69, 9.17) is 19.3 Å². The Kier molecular flexibility index (Phi) is 4.00. The highest BCUT2D eigenvalue weighted by molar-refractivity contribution is 8.16. The molecule has 0 saturated carbocycles. The average Bonchev–Trinajstić information content (AvgIpc) is 3.43. The van der Waals surface area contributed by atoms with Crippen molar-refractivity contribution in [3.05, 3.63) is 56.8 Å². The second-order valence-corrected chi connectivity index (χ2v) is 7.34. The van der Waals surface area contributed by atoms with Crippen LogP contribution in [0.1, 0.15) is 12.7 Å². The number of nitro groups is 1. The molecular formula is C19H12N4O6S. The molecule has 1 aromatic carbocycles. The number of hydrogen-bond acceptors (Lipinski definition) is 8. The van der Waals surface area contributed by atoms with Crippen molar-refractivity contribution in [2.75, 3.05) is 6.79 Å². The van der Waals surface area contributed by atoms with E-state index in [-0.39, 0.29) is 41.0 Å². The number of nitro benzene ring substituents is 1. The van der Waals surface area contributed by atoms with E-state index in [9.17, 15) is 14.9 Å². The van der Waals surface area contributed by atoms with Crippen molar-refractivity contribution in [1.29, 1.82) is 5.41 Å². The highest BCUT2D eigenvalue weighted by atomic mass is 32.2. The molecule has 4 heterocycles. The van der Waals surface area contributed by atoms with E-state index >= 15 is 0 Å². The van der Waals surface area contributed by atoms with Crippen LogP contribution in [0.2, 0.25) is 0 Å². The van der Waals surface area contributed by atoms with E-state index in [0.29, 0.717) is 16.7 Å². The summed E-state index contributed by atoms with van der Waals surface area (Å²) >= 11 is 1.28. The van der Waals surface area contributed by atoms with E-state index in [1.807, 2.05) is 12.3 Å². The van der Waals surface area contributed by atoms with Gasteiger partial charge in [-0.25, -0.2) is 0 Å². The van der Waals surface area contributed by atoms with Gasteiger partial charge in [0.05, 0.1) is 22.1 Å². The second kappa shape index (κ2) is 6.59. The highest BCUT2D eigenvalue weighted by Gasteiger charge is 2.34. The van der Waals surface area contributed by atoms with Crippen LogP contribution in [0.5, 0.6) is 11.5 Å². The number of fused-ring (bicyclic) bond motifs is 2. The Labute approximate surface area is 173 Å². The molecule has 1 amide bonds. The van der Waals surface area contributed by atoms with Crippen LogP contribution >= 0.6 is 11.8 Å². The van der Waals surface area contributed by atoms with Gasteiger partial charge in [-0.15, -0.1) is 0 Å². The van der Waals surface area contributed by atoms with Crippen molar-refractivity contribution in [3.8, 4) is 22.8 Å². The number of furan rings is 1. The minimum absolute atomic E-state index is 0.00393. The van der Waals surface area contributed by atoms with Crippen molar-refractivity contribution in [2.24, 2.45) is 4.99 Å². The molecule has 30 heavy (non-hydrogen) atoms. The molecule has 150 valence electrons. The summed E-state index contributed by atoms with van der Waals surface area (Å²) in [5.74, 6) is 0.605. The average molecular weight is 424 g/mol. The molecule has 0 spiro atoms. The molecule has 3 aliphatic heterocycles. The first kappa shape index (κ1) is 18.2. The van der Waals surface area contributed by atoms with Crippen LogP contribution in [-0.2, 0) is 4.79 Å². The van der Waals surface area contributed by atoms with Crippen molar-refractivity contribution >= 4 is 40.4 Å². The van der Waals surface area contributed by atoms with Crippen molar-refractivity contribution in [2.45, 2.75) is 6.92 Å². The number of amides is 1. The Morgan fingerprint density at radius 3 is 2.83 bits per heavy atom. The van der Waals surface area contributed by atoms with E-state index in [0.717, 1.165) is 5.70 Å². The Morgan fingerprint density at radius 1 is 1.30 bits per heavy atom.